The Kier molecular flexibility index (Phi) is 7.89. The van der Waals surface area contributed by atoms with Crippen LogP contribution in [0, 0.1) is 17.1 Å². The first-order valence-electron chi connectivity index (χ1n) is 13.8. The number of carboxylic acids is 1. The number of hydrogen-bond acceptors (Lipinski definition) is 7. The van der Waals surface area contributed by atoms with E-state index in [9.17, 15) is 23.9 Å². The molecule has 6 rings (SSSR count). The van der Waals surface area contributed by atoms with Gasteiger partial charge in [0.25, 0.3) is 5.91 Å². The third-order valence-electron chi connectivity index (χ3n) is 7.65. The summed E-state index contributed by atoms with van der Waals surface area (Å²) in [5.74, 6) is -2.67. The van der Waals surface area contributed by atoms with Gasteiger partial charge >= 0.3 is 5.97 Å². The number of pyridine rings is 1. The molecule has 1 amide bonds. The molecule has 0 fully saturated rings. The minimum Gasteiger partial charge on any atom is -0.478 e. The van der Waals surface area contributed by atoms with Crippen LogP contribution in [0.4, 0.5) is 4.39 Å². The lowest BCUT2D eigenvalue weighted by atomic mass is 9.84. The summed E-state index contributed by atoms with van der Waals surface area (Å²) in [6, 6.07) is 20.2. The van der Waals surface area contributed by atoms with Crippen LogP contribution in [0.15, 0.2) is 85.2 Å². The number of ketones is 1. The van der Waals surface area contributed by atoms with Crippen molar-refractivity contribution in [3.63, 3.8) is 0 Å². The molecular weight excluding hydrogens is 599 g/mol. The molecule has 3 aromatic carbocycles. The predicted octanol–water partition coefficient (Wildman–Crippen LogP) is 5.24. The Balaban J connectivity index is 1.39. The van der Waals surface area contributed by atoms with Crippen LogP contribution in [0.25, 0.3) is 16.8 Å². The van der Waals surface area contributed by atoms with E-state index >= 15 is 0 Å². The lowest BCUT2D eigenvalue weighted by Crippen LogP contribution is -2.44. The molecule has 0 radical (unpaired) electrons. The van der Waals surface area contributed by atoms with Gasteiger partial charge in [-0.1, -0.05) is 53.2 Å². The summed E-state index contributed by atoms with van der Waals surface area (Å²) >= 11 is 5.92. The van der Waals surface area contributed by atoms with E-state index in [1.165, 1.54) is 35.4 Å². The summed E-state index contributed by atoms with van der Waals surface area (Å²) < 4.78 is 15.8. The summed E-state index contributed by atoms with van der Waals surface area (Å²) in [4.78, 5) is 45.0. The second kappa shape index (κ2) is 12.1. The minimum atomic E-state index is -1.08. The van der Waals surface area contributed by atoms with Crippen molar-refractivity contribution >= 4 is 29.3 Å². The summed E-state index contributed by atoms with van der Waals surface area (Å²) in [6.07, 6.45) is 3.22. The van der Waals surface area contributed by atoms with Crippen LogP contribution < -0.4 is 0 Å². The number of Topliss-reactive ketones (excluding diaryl/α,β-unsaturated/α-hetero) is 1. The van der Waals surface area contributed by atoms with E-state index in [4.69, 9.17) is 16.9 Å². The molecule has 45 heavy (non-hydrogen) atoms. The number of hydrogen-bond donors (Lipinski definition) is 1. The van der Waals surface area contributed by atoms with Crippen LogP contribution >= 0.6 is 11.6 Å². The molecule has 0 saturated carbocycles. The molecule has 0 aliphatic carbocycles. The summed E-state index contributed by atoms with van der Waals surface area (Å²) in [6.45, 7) is 0.166. The van der Waals surface area contributed by atoms with Gasteiger partial charge in [0.15, 0.2) is 17.3 Å². The topological polar surface area (TPSA) is 142 Å². The summed E-state index contributed by atoms with van der Waals surface area (Å²) in [7, 11) is 0. The maximum absolute atomic E-state index is 14.7. The number of carboxylic acid groups (broad SMARTS) is 1. The Morgan fingerprint density at radius 1 is 1.04 bits per heavy atom. The van der Waals surface area contributed by atoms with E-state index < -0.39 is 23.7 Å². The predicted molar refractivity (Wildman–Crippen MR) is 160 cm³/mol. The van der Waals surface area contributed by atoms with E-state index in [1.54, 1.807) is 48.7 Å². The number of rotatable bonds is 7. The second-order valence-corrected chi connectivity index (χ2v) is 10.7. The lowest BCUT2D eigenvalue weighted by molar-refractivity contribution is -0.123. The number of benzene rings is 3. The van der Waals surface area contributed by atoms with E-state index in [0.29, 0.717) is 17.5 Å². The second-order valence-electron chi connectivity index (χ2n) is 10.3. The van der Waals surface area contributed by atoms with Gasteiger partial charge in [-0.3, -0.25) is 9.59 Å². The van der Waals surface area contributed by atoms with Crippen molar-refractivity contribution in [1.29, 1.82) is 5.26 Å². The molecule has 1 atom stereocenters. The number of aromatic nitrogens is 4. The van der Waals surface area contributed by atoms with Crippen LogP contribution in [-0.4, -0.2) is 54.2 Å². The quantitative estimate of drug-likeness (QED) is 0.260. The molecule has 0 bridgehead atoms. The fraction of sp³-hybridized carbons (Fsp3) is 0.121. The lowest BCUT2D eigenvalue weighted by Gasteiger charge is -2.37. The van der Waals surface area contributed by atoms with Gasteiger partial charge in [0.05, 0.1) is 16.8 Å². The van der Waals surface area contributed by atoms with E-state index in [0.717, 1.165) is 21.4 Å². The molecule has 1 N–H and O–H groups in total. The number of nitrogens with zero attached hydrogens (tertiary/aromatic N) is 6. The number of carbonyl (C=O) groups is 3. The van der Waals surface area contributed by atoms with Gasteiger partial charge in [-0.2, -0.15) is 5.26 Å². The highest BCUT2D eigenvalue weighted by atomic mass is 35.5. The number of carbonyl (C=O) groups excluding carboxylic acids is 2. The molecule has 1 aliphatic heterocycles. The average Bonchev–Trinajstić information content (AvgIpc) is 3.55. The van der Waals surface area contributed by atoms with Gasteiger partial charge in [0, 0.05) is 24.7 Å². The van der Waals surface area contributed by atoms with Crippen molar-refractivity contribution in [2.75, 3.05) is 6.54 Å². The zero-order valence-corrected chi connectivity index (χ0v) is 24.1. The van der Waals surface area contributed by atoms with Crippen LogP contribution in [0.3, 0.4) is 0 Å². The SMILES string of the molecule is N#Cc1ccc(-c2cccc3c2CCN(C(=O)c2cn(-c4cccc(Cl)c4F)nn2)[C@@H]3C(=O)Cc2ccc(C(=O)O)cc2)cn1. The first-order valence-corrected chi connectivity index (χ1v) is 14.1. The summed E-state index contributed by atoms with van der Waals surface area (Å²) in [5, 5.41) is 26.2. The zero-order chi connectivity index (χ0) is 31.7. The fourth-order valence-corrected chi connectivity index (χ4v) is 5.65. The molecular formula is C33H22ClFN6O4. The highest BCUT2D eigenvalue weighted by Gasteiger charge is 2.38. The minimum absolute atomic E-state index is 0.0103. The van der Waals surface area contributed by atoms with E-state index in [-0.39, 0.29) is 46.4 Å². The van der Waals surface area contributed by atoms with Crippen molar-refractivity contribution in [2.45, 2.75) is 18.9 Å². The van der Waals surface area contributed by atoms with Gasteiger partial charge in [0.1, 0.15) is 23.5 Å². The Bertz CT molecular complexity index is 2000. The number of nitriles is 1. The van der Waals surface area contributed by atoms with Gasteiger partial charge in [0.2, 0.25) is 0 Å². The summed E-state index contributed by atoms with van der Waals surface area (Å²) in [5.41, 5.74) is 3.92. The third-order valence-corrected chi connectivity index (χ3v) is 7.94. The van der Waals surface area contributed by atoms with Gasteiger partial charge in [-0.25, -0.2) is 18.9 Å². The fourth-order valence-electron chi connectivity index (χ4n) is 5.48. The largest absolute Gasteiger partial charge is 0.478 e. The van der Waals surface area contributed by atoms with E-state index in [1.807, 2.05) is 12.1 Å². The highest BCUT2D eigenvalue weighted by Crippen LogP contribution is 2.38. The smallest absolute Gasteiger partial charge is 0.335 e. The Labute approximate surface area is 260 Å². The Morgan fingerprint density at radius 2 is 1.82 bits per heavy atom. The van der Waals surface area contributed by atoms with Crippen molar-refractivity contribution in [3.8, 4) is 22.9 Å². The third kappa shape index (κ3) is 5.67. The highest BCUT2D eigenvalue weighted by molar-refractivity contribution is 6.30. The molecule has 2 aromatic heterocycles. The Morgan fingerprint density at radius 3 is 2.53 bits per heavy atom. The number of amides is 1. The first kappa shape index (κ1) is 29.3. The van der Waals surface area contributed by atoms with Crippen LogP contribution in [0.5, 0.6) is 0 Å². The van der Waals surface area contributed by atoms with Crippen LogP contribution in [-0.2, 0) is 17.6 Å². The van der Waals surface area contributed by atoms with Crippen molar-refractivity contribution in [1.82, 2.24) is 24.9 Å². The molecule has 3 heterocycles. The normalized spacial score (nSPS) is 14.0. The van der Waals surface area contributed by atoms with Crippen LogP contribution in [0.2, 0.25) is 5.02 Å². The molecule has 0 unspecified atom stereocenters. The van der Waals surface area contributed by atoms with Gasteiger partial charge in [-0.05, 0) is 65.1 Å². The monoisotopic (exact) mass is 620 g/mol. The van der Waals surface area contributed by atoms with Crippen molar-refractivity contribution < 1.29 is 23.9 Å². The molecule has 222 valence electrons. The van der Waals surface area contributed by atoms with E-state index in [2.05, 4.69) is 15.3 Å². The van der Waals surface area contributed by atoms with Crippen LogP contribution in [0.1, 0.15) is 49.3 Å². The van der Waals surface area contributed by atoms with Crippen molar-refractivity contribution in [2.24, 2.45) is 0 Å². The number of halogens is 2. The molecule has 5 aromatic rings. The standard InChI is InChI=1S/C33H22ClFN6O4/c34-26-5-2-6-28(30(26)35)41-18-27(38-39-41)32(43)40-14-13-24-23(21-11-12-22(16-36)37-17-21)3-1-4-25(24)31(40)29(42)15-19-7-9-20(10-8-19)33(44)45/h1-12,17-18,31H,13-15H2,(H,44,45)/t31-/m0/s1. The molecule has 0 spiro atoms. The van der Waals surface area contributed by atoms with Gasteiger partial charge < -0.3 is 10.0 Å². The van der Waals surface area contributed by atoms with Crippen molar-refractivity contribution in [3.05, 3.63) is 130 Å². The maximum atomic E-state index is 14.7. The molecule has 0 saturated heterocycles. The molecule has 12 heteroatoms. The average molecular weight is 621 g/mol. The molecule has 1 aliphatic rings. The van der Waals surface area contributed by atoms with Gasteiger partial charge in [-0.15, -0.1) is 5.10 Å². The Hall–Kier alpha value is -5.73. The zero-order valence-electron chi connectivity index (χ0n) is 23.4. The molecule has 10 nitrogen and oxygen atoms in total. The number of fused-ring (bicyclic) bond motifs is 1. The first-order chi connectivity index (χ1) is 21.7. The maximum Gasteiger partial charge on any atom is 0.335 e. The number of aromatic carboxylic acids is 1.